The molecule has 0 aliphatic heterocycles. The van der Waals surface area contributed by atoms with Gasteiger partial charge in [-0.1, -0.05) is 61.7 Å². The lowest BCUT2D eigenvalue weighted by Gasteiger charge is -2.05. The van der Waals surface area contributed by atoms with Crippen LogP contribution in [0, 0.1) is 0 Å². The number of rotatable bonds is 2. The molecular formula is C14H12. The van der Waals surface area contributed by atoms with Crippen molar-refractivity contribution in [2.75, 3.05) is 0 Å². The van der Waals surface area contributed by atoms with Crippen molar-refractivity contribution in [2.24, 2.45) is 0 Å². The van der Waals surface area contributed by atoms with Gasteiger partial charge in [0.15, 0.2) is 0 Å². The Morgan fingerprint density at radius 2 is 1.93 bits per heavy atom. The number of benzene rings is 1. The van der Waals surface area contributed by atoms with Crippen LogP contribution in [-0.4, -0.2) is 0 Å². The number of fused-ring (bicyclic) bond motifs is 1. The van der Waals surface area contributed by atoms with Crippen LogP contribution in [0.2, 0.25) is 0 Å². The van der Waals surface area contributed by atoms with Crippen LogP contribution in [0.25, 0.3) is 17.7 Å². The summed E-state index contributed by atoms with van der Waals surface area (Å²) >= 11 is 0. The van der Waals surface area contributed by atoms with E-state index in [1.807, 2.05) is 18.2 Å². The molecule has 0 bridgehead atoms. The van der Waals surface area contributed by atoms with E-state index in [4.69, 9.17) is 0 Å². The maximum Gasteiger partial charge on any atom is -0.00391 e. The quantitative estimate of drug-likeness (QED) is 0.647. The number of hydrogen-bond acceptors (Lipinski definition) is 0. The molecule has 0 N–H and O–H groups in total. The molecule has 0 radical (unpaired) electrons. The normalized spacial score (nSPS) is 15.6. The zero-order chi connectivity index (χ0) is 9.97. The molecule has 1 aliphatic carbocycles. The molecule has 0 fully saturated rings. The average molecular weight is 180 g/mol. The Bertz CT molecular complexity index is 445. The van der Waals surface area contributed by atoms with E-state index in [9.17, 15) is 0 Å². The predicted octanol–water partition coefficient (Wildman–Crippen LogP) is 3.93. The second-order valence-corrected chi connectivity index (χ2v) is 3.21. The van der Waals surface area contributed by atoms with E-state index in [0.29, 0.717) is 0 Å². The Labute approximate surface area is 84.6 Å². The van der Waals surface area contributed by atoms with E-state index in [2.05, 4.69) is 43.5 Å². The van der Waals surface area contributed by atoms with Crippen molar-refractivity contribution in [3.8, 4) is 0 Å². The van der Waals surface area contributed by atoms with E-state index in [1.165, 1.54) is 22.3 Å². The third-order valence-corrected chi connectivity index (χ3v) is 2.38. The topological polar surface area (TPSA) is 0 Å². The first kappa shape index (κ1) is 8.76. The van der Waals surface area contributed by atoms with Gasteiger partial charge in [-0.15, -0.1) is 0 Å². The predicted molar refractivity (Wildman–Crippen MR) is 63.7 cm³/mol. The molecule has 0 atom stereocenters. The molecule has 0 nitrogen and oxygen atoms in total. The summed E-state index contributed by atoms with van der Waals surface area (Å²) in [4.78, 5) is 0. The summed E-state index contributed by atoms with van der Waals surface area (Å²) in [5, 5.41) is 0. The van der Waals surface area contributed by atoms with Gasteiger partial charge in [0.2, 0.25) is 0 Å². The highest BCUT2D eigenvalue weighted by Gasteiger charge is 2.11. The van der Waals surface area contributed by atoms with E-state index in [0.717, 1.165) is 0 Å². The van der Waals surface area contributed by atoms with Crippen LogP contribution < -0.4 is 0 Å². The van der Waals surface area contributed by atoms with Crippen molar-refractivity contribution >= 4 is 17.7 Å². The van der Waals surface area contributed by atoms with Crippen molar-refractivity contribution < 1.29 is 0 Å². The smallest absolute Gasteiger partial charge is 0.00391 e. The van der Waals surface area contributed by atoms with Crippen molar-refractivity contribution in [1.29, 1.82) is 0 Å². The summed E-state index contributed by atoms with van der Waals surface area (Å²) in [5.74, 6) is 0. The largest absolute Gasteiger partial charge is 0.0990 e. The van der Waals surface area contributed by atoms with Gasteiger partial charge in [-0.25, -0.2) is 0 Å². The van der Waals surface area contributed by atoms with Gasteiger partial charge < -0.3 is 0 Å². The minimum atomic E-state index is 1.18. The molecular weight excluding hydrogens is 168 g/mol. The van der Waals surface area contributed by atoms with Gasteiger partial charge in [0.05, 0.1) is 0 Å². The van der Waals surface area contributed by atoms with Gasteiger partial charge in [-0.2, -0.15) is 0 Å². The lowest BCUT2D eigenvalue weighted by Crippen LogP contribution is -1.85. The van der Waals surface area contributed by atoms with Gasteiger partial charge in [0.25, 0.3) is 0 Å². The van der Waals surface area contributed by atoms with Crippen LogP contribution in [0.4, 0.5) is 0 Å². The summed E-state index contributed by atoms with van der Waals surface area (Å²) in [5.41, 5.74) is 4.92. The first-order chi connectivity index (χ1) is 6.86. The molecule has 1 aromatic carbocycles. The van der Waals surface area contributed by atoms with Crippen LogP contribution in [0.1, 0.15) is 16.7 Å². The molecule has 0 saturated carbocycles. The molecule has 0 saturated heterocycles. The Kier molecular flexibility index (Phi) is 2.19. The van der Waals surface area contributed by atoms with E-state index >= 15 is 0 Å². The van der Waals surface area contributed by atoms with Gasteiger partial charge in [0, 0.05) is 0 Å². The van der Waals surface area contributed by atoms with Gasteiger partial charge in [-0.3, -0.25) is 0 Å². The maximum atomic E-state index is 3.82. The fraction of sp³-hybridized carbons (Fsp3) is 0. The number of hydrogen-bond donors (Lipinski definition) is 0. The van der Waals surface area contributed by atoms with Crippen molar-refractivity contribution in [1.82, 2.24) is 0 Å². The van der Waals surface area contributed by atoms with Crippen LogP contribution in [-0.2, 0) is 0 Å². The van der Waals surface area contributed by atoms with Gasteiger partial charge >= 0.3 is 0 Å². The summed E-state index contributed by atoms with van der Waals surface area (Å²) in [6.07, 6.45) is 9.96. The molecule has 0 spiro atoms. The Morgan fingerprint density at radius 3 is 2.64 bits per heavy atom. The molecule has 0 aromatic heterocycles. The summed E-state index contributed by atoms with van der Waals surface area (Å²) < 4.78 is 0. The first-order valence-electron chi connectivity index (χ1n) is 4.63. The second-order valence-electron chi connectivity index (χ2n) is 3.21. The van der Waals surface area contributed by atoms with Crippen LogP contribution in [0.5, 0.6) is 0 Å². The van der Waals surface area contributed by atoms with Crippen molar-refractivity contribution in [3.05, 3.63) is 66.3 Å². The van der Waals surface area contributed by atoms with E-state index in [1.54, 1.807) is 0 Å². The standard InChI is InChI=1S/C14H12/c1-3-6-12-9-10-13-8-5-7-11(4-2)14(12)13/h3-10H,1-2H2/b12-6-. The average Bonchev–Trinajstić information content (AvgIpc) is 2.62. The lowest BCUT2D eigenvalue weighted by atomic mass is 9.99. The molecule has 1 aromatic rings. The zero-order valence-electron chi connectivity index (χ0n) is 8.03. The van der Waals surface area contributed by atoms with Crippen LogP contribution in [0.3, 0.4) is 0 Å². The minimum absolute atomic E-state index is 1.18. The first-order valence-corrected chi connectivity index (χ1v) is 4.63. The van der Waals surface area contributed by atoms with Crippen molar-refractivity contribution in [3.63, 3.8) is 0 Å². The van der Waals surface area contributed by atoms with E-state index < -0.39 is 0 Å². The molecule has 1 aliphatic rings. The molecule has 0 heterocycles. The molecule has 2 rings (SSSR count). The number of allylic oxidation sites excluding steroid dienone is 4. The zero-order valence-corrected chi connectivity index (χ0v) is 8.03. The Balaban J connectivity index is 2.66. The van der Waals surface area contributed by atoms with Gasteiger partial charge in [-0.05, 0) is 22.3 Å². The van der Waals surface area contributed by atoms with Crippen LogP contribution in [0.15, 0.2) is 49.6 Å². The summed E-state index contributed by atoms with van der Waals surface area (Å²) in [7, 11) is 0. The Morgan fingerprint density at radius 1 is 1.07 bits per heavy atom. The SMILES string of the molecule is C=C/C=C1/C=Cc2cccc(C=C)c21. The molecule has 68 valence electrons. The fourth-order valence-electron chi connectivity index (χ4n) is 1.76. The highest BCUT2D eigenvalue weighted by Crippen LogP contribution is 2.32. The molecule has 0 amide bonds. The summed E-state index contributed by atoms with van der Waals surface area (Å²) in [6, 6.07) is 6.25. The van der Waals surface area contributed by atoms with E-state index in [-0.39, 0.29) is 0 Å². The third kappa shape index (κ3) is 1.25. The maximum absolute atomic E-state index is 3.82. The highest BCUT2D eigenvalue weighted by atomic mass is 14.2. The molecule has 0 heteroatoms. The lowest BCUT2D eigenvalue weighted by molar-refractivity contribution is 1.58. The van der Waals surface area contributed by atoms with Crippen molar-refractivity contribution in [2.45, 2.75) is 0 Å². The molecule has 0 unspecified atom stereocenters. The molecule has 14 heavy (non-hydrogen) atoms. The van der Waals surface area contributed by atoms with Gasteiger partial charge in [0.1, 0.15) is 0 Å². The summed E-state index contributed by atoms with van der Waals surface area (Å²) in [6.45, 7) is 7.54. The Hall–Kier alpha value is -1.82. The fourth-order valence-corrected chi connectivity index (χ4v) is 1.76. The minimum Gasteiger partial charge on any atom is -0.0990 e. The highest BCUT2D eigenvalue weighted by molar-refractivity contribution is 5.93. The second kappa shape index (κ2) is 3.51. The third-order valence-electron chi connectivity index (χ3n) is 2.38. The monoisotopic (exact) mass is 180 g/mol. The van der Waals surface area contributed by atoms with Crippen LogP contribution >= 0.6 is 0 Å².